The van der Waals surface area contributed by atoms with Crippen LogP contribution in [0.15, 0.2) is 41.5 Å². The number of aliphatic imine (C=N–C) groups is 1. The minimum absolute atomic E-state index is 0.116. The van der Waals surface area contributed by atoms with Crippen molar-refractivity contribution in [1.29, 1.82) is 0 Å². The van der Waals surface area contributed by atoms with Crippen LogP contribution >= 0.6 is 0 Å². The predicted octanol–water partition coefficient (Wildman–Crippen LogP) is 5.44. The normalized spacial score (nSPS) is 20.0. The minimum Gasteiger partial charge on any atom is -0.490 e. The van der Waals surface area contributed by atoms with E-state index in [1.54, 1.807) is 4.68 Å². The van der Waals surface area contributed by atoms with Gasteiger partial charge in [0.1, 0.15) is 30.4 Å². The minimum atomic E-state index is -0.313. The van der Waals surface area contributed by atoms with E-state index in [1.165, 1.54) is 62.9 Å². The molecule has 0 atom stereocenters. The van der Waals surface area contributed by atoms with E-state index in [0.29, 0.717) is 30.7 Å². The summed E-state index contributed by atoms with van der Waals surface area (Å²) in [6.45, 7) is 14.2. The van der Waals surface area contributed by atoms with Gasteiger partial charge in [0.15, 0.2) is 11.5 Å². The first kappa shape index (κ1) is 35.8. The second-order valence-electron chi connectivity index (χ2n) is 16.4. The molecule has 8 rings (SSSR count). The van der Waals surface area contributed by atoms with Gasteiger partial charge in [0.05, 0.1) is 25.1 Å². The van der Waals surface area contributed by atoms with Crippen molar-refractivity contribution in [3.05, 3.63) is 58.9 Å². The summed E-state index contributed by atoms with van der Waals surface area (Å²) in [5, 5.41) is 8.50. The van der Waals surface area contributed by atoms with Crippen molar-refractivity contribution in [2.24, 2.45) is 22.6 Å². The SMILES string of the molecule is CC1(C)C(N)=Nc2cc(OCCCN3Cc4ccc(OCc5cn(CC(=O)N6CCC(CCN7CCCC7)CC6)nn5)cc4C3)c(OCC3CC3)cc21. The van der Waals surface area contributed by atoms with E-state index in [4.69, 9.17) is 19.9 Å². The summed E-state index contributed by atoms with van der Waals surface area (Å²) >= 11 is 0. The van der Waals surface area contributed by atoms with Gasteiger partial charge in [-0.05, 0) is 132 Å². The number of likely N-dealkylation sites (tertiary alicyclic amines) is 2. The van der Waals surface area contributed by atoms with Crippen molar-refractivity contribution in [3.8, 4) is 17.2 Å². The number of amides is 1. The van der Waals surface area contributed by atoms with Crippen molar-refractivity contribution >= 4 is 17.4 Å². The zero-order valence-corrected chi connectivity index (χ0v) is 31.6. The van der Waals surface area contributed by atoms with Gasteiger partial charge in [-0.3, -0.25) is 9.69 Å². The van der Waals surface area contributed by atoms with Crippen molar-refractivity contribution < 1.29 is 19.0 Å². The summed E-state index contributed by atoms with van der Waals surface area (Å²) in [5.41, 5.74) is 11.2. The fourth-order valence-corrected chi connectivity index (χ4v) is 8.15. The largest absolute Gasteiger partial charge is 0.490 e. The highest BCUT2D eigenvalue weighted by Gasteiger charge is 2.35. The van der Waals surface area contributed by atoms with E-state index in [9.17, 15) is 4.79 Å². The predicted molar refractivity (Wildman–Crippen MR) is 204 cm³/mol. The zero-order valence-electron chi connectivity index (χ0n) is 31.6. The molecular weight excluding hydrogens is 669 g/mol. The van der Waals surface area contributed by atoms with E-state index in [1.807, 2.05) is 23.2 Å². The molecule has 2 N–H and O–H groups in total. The van der Waals surface area contributed by atoms with E-state index >= 15 is 0 Å². The van der Waals surface area contributed by atoms with Crippen molar-refractivity contribution in [1.82, 2.24) is 29.7 Å². The molecule has 3 fully saturated rings. The molecule has 0 spiro atoms. The molecule has 5 aliphatic rings. The number of fused-ring (bicyclic) bond motifs is 2. The first-order valence-corrected chi connectivity index (χ1v) is 19.9. The fraction of sp³-hybridized carbons (Fsp3) is 0.610. The van der Waals surface area contributed by atoms with Gasteiger partial charge in [-0.2, -0.15) is 0 Å². The lowest BCUT2D eigenvalue weighted by atomic mass is 9.85. The number of carbonyl (C=O) groups excluding carboxylic acids is 1. The smallest absolute Gasteiger partial charge is 0.244 e. The first-order chi connectivity index (χ1) is 25.8. The number of amidine groups is 1. The molecule has 1 aromatic heterocycles. The second kappa shape index (κ2) is 15.7. The van der Waals surface area contributed by atoms with Crippen LogP contribution in [0.2, 0.25) is 0 Å². The molecule has 2 aromatic carbocycles. The molecule has 12 nitrogen and oxygen atoms in total. The molecule has 12 heteroatoms. The number of hydrogen-bond donors (Lipinski definition) is 1. The van der Waals surface area contributed by atoms with Crippen LogP contribution < -0.4 is 19.9 Å². The van der Waals surface area contributed by atoms with E-state index in [-0.39, 0.29) is 17.9 Å². The lowest BCUT2D eigenvalue weighted by molar-refractivity contribution is -0.133. The van der Waals surface area contributed by atoms with Gasteiger partial charge in [0.2, 0.25) is 5.91 Å². The summed E-state index contributed by atoms with van der Waals surface area (Å²) in [6.07, 6.45) is 11.3. The summed E-state index contributed by atoms with van der Waals surface area (Å²) in [7, 11) is 0. The van der Waals surface area contributed by atoms with Gasteiger partial charge >= 0.3 is 0 Å². The Bertz CT molecular complexity index is 1790. The van der Waals surface area contributed by atoms with Crippen molar-refractivity contribution in [2.45, 2.75) is 96.9 Å². The van der Waals surface area contributed by atoms with Gasteiger partial charge < -0.3 is 29.7 Å². The summed E-state index contributed by atoms with van der Waals surface area (Å²) in [4.78, 5) is 24.7. The third-order valence-electron chi connectivity index (χ3n) is 11.9. The standard InChI is InChI=1S/C41H56N8O4/c1-41(2)35-21-37(53-27-30-6-7-30)38(22-36(35)43-40(41)42)51-19-5-15-47-23-31-8-9-34(20-32(31)24-47)52-28-33-25-49(45-44-33)26-39(50)48-17-11-29(12-18-48)10-16-46-13-3-4-14-46/h8-9,20-22,25,29-30H,3-7,10-19,23-24,26-28H2,1-2H3,(H2,42,43). The number of hydrogen-bond acceptors (Lipinski definition) is 10. The molecule has 4 aliphatic heterocycles. The summed E-state index contributed by atoms with van der Waals surface area (Å²) < 4.78 is 20.3. The third-order valence-corrected chi connectivity index (χ3v) is 11.9. The molecule has 5 heterocycles. The molecular formula is C41H56N8O4. The van der Waals surface area contributed by atoms with E-state index in [2.05, 4.69) is 57.2 Å². The highest BCUT2D eigenvalue weighted by molar-refractivity contribution is 5.99. The van der Waals surface area contributed by atoms with Gasteiger partial charge in [-0.1, -0.05) is 11.3 Å². The molecule has 0 radical (unpaired) electrons. The molecule has 53 heavy (non-hydrogen) atoms. The molecule has 2 saturated heterocycles. The lowest BCUT2D eigenvalue weighted by Crippen LogP contribution is -2.40. The quantitative estimate of drug-likeness (QED) is 0.193. The summed E-state index contributed by atoms with van der Waals surface area (Å²) in [5.74, 6) is 4.47. The van der Waals surface area contributed by atoms with Gasteiger partial charge in [0, 0.05) is 44.2 Å². The van der Waals surface area contributed by atoms with Crippen LogP contribution in [0.3, 0.4) is 0 Å². The van der Waals surface area contributed by atoms with Crippen molar-refractivity contribution in [2.75, 3.05) is 52.5 Å². The topological polar surface area (TPSA) is 124 Å². The van der Waals surface area contributed by atoms with Crippen LogP contribution in [-0.2, 0) is 36.5 Å². The Morgan fingerprint density at radius 3 is 2.49 bits per heavy atom. The van der Waals surface area contributed by atoms with Gasteiger partial charge in [0.25, 0.3) is 0 Å². The number of aromatic nitrogens is 3. The van der Waals surface area contributed by atoms with E-state index < -0.39 is 0 Å². The number of ether oxygens (including phenoxy) is 3. The fourth-order valence-electron chi connectivity index (χ4n) is 8.15. The average Bonchev–Trinajstić information content (AvgIpc) is 3.45. The van der Waals surface area contributed by atoms with Crippen LogP contribution in [0.1, 0.15) is 87.6 Å². The average molecular weight is 725 g/mol. The molecule has 3 aromatic rings. The highest BCUT2D eigenvalue weighted by Crippen LogP contribution is 2.45. The number of nitrogens with two attached hydrogens (primary N) is 1. The number of rotatable bonds is 16. The Balaban J connectivity index is 0.760. The maximum Gasteiger partial charge on any atom is 0.244 e. The number of carbonyl (C=O) groups is 1. The monoisotopic (exact) mass is 724 g/mol. The van der Waals surface area contributed by atoms with Crippen LogP contribution in [-0.4, -0.2) is 93.9 Å². The number of piperidine rings is 1. The molecule has 1 saturated carbocycles. The number of benzene rings is 2. The maximum atomic E-state index is 13.0. The molecule has 0 unspecified atom stereocenters. The Labute approximate surface area is 313 Å². The van der Waals surface area contributed by atoms with Crippen LogP contribution in [0.25, 0.3) is 0 Å². The van der Waals surface area contributed by atoms with E-state index in [0.717, 1.165) is 93.0 Å². The van der Waals surface area contributed by atoms with Crippen LogP contribution in [0.4, 0.5) is 5.69 Å². The molecule has 0 bridgehead atoms. The second-order valence-corrected chi connectivity index (χ2v) is 16.4. The first-order valence-electron chi connectivity index (χ1n) is 19.9. The Kier molecular flexibility index (Phi) is 10.6. The van der Waals surface area contributed by atoms with Crippen LogP contribution in [0, 0.1) is 11.8 Å². The van der Waals surface area contributed by atoms with Crippen molar-refractivity contribution in [3.63, 3.8) is 0 Å². The Morgan fingerprint density at radius 2 is 1.68 bits per heavy atom. The zero-order chi connectivity index (χ0) is 36.4. The third kappa shape index (κ3) is 8.64. The molecule has 1 aliphatic carbocycles. The highest BCUT2D eigenvalue weighted by atomic mass is 16.5. The Morgan fingerprint density at radius 1 is 0.887 bits per heavy atom. The lowest BCUT2D eigenvalue weighted by Gasteiger charge is -2.32. The van der Waals surface area contributed by atoms with Crippen LogP contribution in [0.5, 0.6) is 17.2 Å². The van der Waals surface area contributed by atoms with Gasteiger partial charge in [-0.15, -0.1) is 5.10 Å². The molecule has 1 amide bonds. The number of nitrogens with zero attached hydrogens (tertiary/aromatic N) is 7. The summed E-state index contributed by atoms with van der Waals surface area (Å²) in [6, 6.07) is 10.4. The molecule has 284 valence electrons. The maximum absolute atomic E-state index is 13.0. The van der Waals surface area contributed by atoms with Gasteiger partial charge in [-0.25, -0.2) is 9.67 Å². The Hall–Kier alpha value is -4.16.